The molecule has 18 heavy (non-hydrogen) atoms. The zero-order valence-corrected chi connectivity index (χ0v) is 12.3. The highest BCUT2D eigenvalue weighted by molar-refractivity contribution is 7.99. The number of likely N-dealkylation sites (N-methyl/N-ethyl adjacent to an activating group) is 1. The molecule has 1 heterocycles. The van der Waals surface area contributed by atoms with Crippen LogP contribution in [0, 0.1) is 0 Å². The first-order valence-corrected chi connectivity index (χ1v) is 7.87. The summed E-state index contributed by atoms with van der Waals surface area (Å²) in [6, 6.07) is 0.491. The lowest BCUT2D eigenvalue weighted by Crippen LogP contribution is -2.34. The summed E-state index contributed by atoms with van der Waals surface area (Å²) in [5, 5.41) is 8.08. The molecule has 1 aromatic heterocycles. The maximum atomic E-state index is 5.45. The van der Waals surface area contributed by atoms with E-state index in [2.05, 4.69) is 29.3 Å². The summed E-state index contributed by atoms with van der Waals surface area (Å²) >= 11 is 1.85. The Labute approximate surface area is 113 Å². The van der Waals surface area contributed by atoms with E-state index >= 15 is 0 Å². The van der Waals surface area contributed by atoms with Gasteiger partial charge in [0.05, 0.1) is 11.7 Å². The number of hydrogen-bond donors (Lipinski definition) is 1. The van der Waals surface area contributed by atoms with Gasteiger partial charge in [0.15, 0.2) is 5.82 Å². The van der Waals surface area contributed by atoms with Crippen LogP contribution in [0.25, 0.3) is 0 Å². The highest BCUT2D eigenvalue weighted by Crippen LogP contribution is 2.32. The Hall–Kier alpha value is -0.550. The molecule has 4 nitrogen and oxygen atoms in total. The van der Waals surface area contributed by atoms with Crippen LogP contribution in [0.5, 0.6) is 0 Å². The minimum atomic E-state index is 0.397. The van der Waals surface area contributed by atoms with Crippen molar-refractivity contribution in [3.63, 3.8) is 0 Å². The van der Waals surface area contributed by atoms with Gasteiger partial charge in [0.1, 0.15) is 0 Å². The Morgan fingerprint density at radius 2 is 2.17 bits per heavy atom. The molecule has 2 unspecified atom stereocenters. The summed E-state index contributed by atoms with van der Waals surface area (Å²) in [6.07, 6.45) is 4.93. The smallest absolute Gasteiger partial charge is 0.231 e. The highest BCUT2D eigenvalue weighted by Gasteiger charge is 2.29. The Kier molecular flexibility index (Phi) is 5.06. The molecule has 0 amide bonds. The van der Waals surface area contributed by atoms with Gasteiger partial charge in [-0.25, -0.2) is 0 Å². The van der Waals surface area contributed by atoms with E-state index in [4.69, 9.17) is 4.52 Å². The number of nitrogens with zero attached hydrogens (tertiary/aromatic N) is 2. The molecule has 2 atom stereocenters. The van der Waals surface area contributed by atoms with Gasteiger partial charge >= 0.3 is 0 Å². The van der Waals surface area contributed by atoms with Gasteiger partial charge in [-0.05, 0) is 25.1 Å². The van der Waals surface area contributed by atoms with E-state index in [1.54, 1.807) is 0 Å². The molecule has 2 rings (SSSR count). The first-order valence-electron chi connectivity index (χ1n) is 6.82. The summed E-state index contributed by atoms with van der Waals surface area (Å²) in [5.41, 5.74) is 0. The highest BCUT2D eigenvalue weighted by atomic mass is 32.2. The molecule has 1 N–H and O–H groups in total. The van der Waals surface area contributed by atoms with Crippen molar-refractivity contribution >= 4 is 11.8 Å². The fourth-order valence-corrected chi connectivity index (χ4v) is 3.09. The Bertz CT molecular complexity index is 367. The maximum Gasteiger partial charge on any atom is 0.231 e. The zero-order chi connectivity index (χ0) is 13.0. The normalized spacial score (nSPS) is 24.7. The molecule has 1 aliphatic carbocycles. The molecule has 0 aromatic carbocycles. The van der Waals surface area contributed by atoms with Crippen molar-refractivity contribution in [1.82, 2.24) is 15.5 Å². The largest absolute Gasteiger partial charge is 0.339 e. The van der Waals surface area contributed by atoms with Crippen LogP contribution in [-0.2, 0) is 5.75 Å². The predicted molar refractivity (Wildman–Crippen MR) is 74.8 cm³/mol. The Morgan fingerprint density at radius 3 is 2.89 bits per heavy atom. The maximum absolute atomic E-state index is 5.45. The first-order chi connectivity index (χ1) is 8.70. The Morgan fingerprint density at radius 1 is 1.39 bits per heavy atom. The van der Waals surface area contributed by atoms with Crippen molar-refractivity contribution < 1.29 is 4.52 Å². The van der Waals surface area contributed by atoms with Crippen LogP contribution in [0.2, 0.25) is 0 Å². The fraction of sp³-hybridized carbons (Fsp3) is 0.846. The second-order valence-electron chi connectivity index (χ2n) is 5.19. The van der Waals surface area contributed by atoms with E-state index in [0.717, 1.165) is 23.9 Å². The van der Waals surface area contributed by atoms with Gasteiger partial charge in [0.2, 0.25) is 5.89 Å². The van der Waals surface area contributed by atoms with Gasteiger partial charge in [0.25, 0.3) is 0 Å². The van der Waals surface area contributed by atoms with Crippen LogP contribution in [0.15, 0.2) is 4.52 Å². The molecule has 0 bridgehead atoms. The summed E-state index contributed by atoms with van der Waals surface area (Å²) in [6.45, 7) is 4.37. The minimum Gasteiger partial charge on any atom is -0.339 e. The lowest BCUT2D eigenvalue weighted by Gasteiger charge is -2.28. The van der Waals surface area contributed by atoms with Crippen molar-refractivity contribution in [2.75, 3.05) is 7.05 Å². The van der Waals surface area contributed by atoms with Gasteiger partial charge < -0.3 is 9.84 Å². The molecule has 0 saturated heterocycles. The molecular formula is C13H23N3OS. The average Bonchev–Trinajstić information content (AvgIpc) is 2.85. The van der Waals surface area contributed by atoms with E-state index in [1.807, 2.05) is 18.8 Å². The van der Waals surface area contributed by atoms with E-state index in [1.165, 1.54) is 19.3 Å². The lowest BCUT2D eigenvalue weighted by molar-refractivity contribution is 0.270. The van der Waals surface area contributed by atoms with Crippen LogP contribution in [0.3, 0.4) is 0 Å². The minimum absolute atomic E-state index is 0.397. The van der Waals surface area contributed by atoms with Crippen molar-refractivity contribution in [3.8, 4) is 0 Å². The number of rotatable bonds is 5. The quantitative estimate of drug-likeness (QED) is 0.890. The van der Waals surface area contributed by atoms with Gasteiger partial charge in [-0.15, -0.1) is 0 Å². The molecule has 0 aliphatic heterocycles. The third kappa shape index (κ3) is 3.48. The molecule has 1 aliphatic rings. The number of thioether (sulfide) groups is 1. The zero-order valence-electron chi connectivity index (χ0n) is 11.5. The monoisotopic (exact) mass is 269 g/mol. The predicted octanol–water partition coefficient (Wildman–Crippen LogP) is 2.96. The van der Waals surface area contributed by atoms with E-state index < -0.39 is 0 Å². The second kappa shape index (κ2) is 6.57. The summed E-state index contributed by atoms with van der Waals surface area (Å²) < 4.78 is 5.45. The lowest BCUT2D eigenvalue weighted by atomic mass is 9.84. The molecule has 0 spiro atoms. The molecular weight excluding hydrogens is 246 g/mol. The molecule has 1 fully saturated rings. The average molecular weight is 269 g/mol. The topological polar surface area (TPSA) is 51.0 Å². The van der Waals surface area contributed by atoms with Gasteiger partial charge in [-0.2, -0.15) is 16.7 Å². The van der Waals surface area contributed by atoms with Crippen molar-refractivity contribution in [2.45, 2.75) is 62.5 Å². The van der Waals surface area contributed by atoms with E-state index in [0.29, 0.717) is 17.2 Å². The van der Waals surface area contributed by atoms with E-state index in [9.17, 15) is 0 Å². The molecule has 1 saturated carbocycles. The standard InChI is InChI=1S/C13H23N3OS/c1-9(2)18-8-12-15-13(17-16-12)10-6-4-5-7-11(10)14-3/h9-11,14H,4-8H2,1-3H3. The molecule has 1 aromatic rings. The van der Waals surface area contributed by atoms with E-state index in [-0.39, 0.29) is 0 Å². The van der Waals surface area contributed by atoms with Crippen molar-refractivity contribution in [1.29, 1.82) is 0 Å². The summed E-state index contributed by atoms with van der Waals surface area (Å²) in [4.78, 5) is 4.57. The molecule has 102 valence electrons. The second-order valence-corrected chi connectivity index (χ2v) is 6.76. The summed E-state index contributed by atoms with van der Waals surface area (Å²) in [7, 11) is 2.02. The van der Waals surface area contributed by atoms with Crippen LogP contribution < -0.4 is 5.32 Å². The number of aromatic nitrogens is 2. The summed E-state index contributed by atoms with van der Waals surface area (Å²) in [5.74, 6) is 2.91. The van der Waals surface area contributed by atoms with Crippen LogP contribution in [0.1, 0.15) is 57.2 Å². The van der Waals surface area contributed by atoms with Crippen molar-refractivity contribution in [2.24, 2.45) is 0 Å². The third-order valence-corrected chi connectivity index (χ3v) is 4.58. The SMILES string of the molecule is CNC1CCCCC1c1nc(CSC(C)C)no1. The fourth-order valence-electron chi connectivity index (χ4n) is 2.49. The Balaban J connectivity index is 1.99. The van der Waals surface area contributed by atoms with Crippen LogP contribution in [0.4, 0.5) is 0 Å². The van der Waals surface area contributed by atoms with Gasteiger partial charge in [-0.3, -0.25) is 0 Å². The first kappa shape index (κ1) is 13.9. The van der Waals surface area contributed by atoms with Gasteiger partial charge in [-0.1, -0.05) is 31.8 Å². The third-order valence-electron chi connectivity index (χ3n) is 3.48. The molecule has 0 radical (unpaired) electrons. The van der Waals surface area contributed by atoms with Gasteiger partial charge in [0, 0.05) is 6.04 Å². The van der Waals surface area contributed by atoms with Crippen LogP contribution in [-0.4, -0.2) is 28.5 Å². The van der Waals surface area contributed by atoms with Crippen molar-refractivity contribution in [3.05, 3.63) is 11.7 Å². The number of hydrogen-bond acceptors (Lipinski definition) is 5. The number of nitrogens with one attached hydrogen (secondary N) is 1. The molecule has 5 heteroatoms. The van der Waals surface area contributed by atoms with Crippen LogP contribution >= 0.6 is 11.8 Å².